The van der Waals surface area contributed by atoms with Crippen LogP contribution in [0.2, 0.25) is 0 Å². The third-order valence-corrected chi connectivity index (χ3v) is 5.20. The fraction of sp³-hybridized carbons (Fsp3) is 0.471. The van der Waals surface area contributed by atoms with Crippen molar-refractivity contribution in [3.05, 3.63) is 45.8 Å². The lowest BCUT2D eigenvalue weighted by Crippen LogP contribution is -2.60. The Morgan fingerprint density at radius 1 is 0.568 bits per heavy atom. The highest BCUT2D eigenvalue weighted by atomic mass is 35.5. The average Bonchev–Trinajstić information content (AvgIpc) is 2.70. The standard InChI is InChI=1S/C17H4Cl2F16O2/c18-16(32,33)14(28,29)12(24,25)10(20,21)6-1-2-8-5(3-6)4-7(9(36)37-8)11(22,23)13(26,27)15(30,31)17(19,34)35/h1-4H. The highest BCUT2D eigenvalue weighted by Crippen LogP contribution is 2.58. The Labute approximate surface area is 201 Å². The van der Waals surface area contributed by atoms with Crippen LogP contribution in [0.4, 0.5) is 70.2 Å². The van der Waals surface area contributed by atoms with E-state index < -0.39 is 86.2 Å². The summed E-state index contributed by atoms with van der Waals surface area (Å²) in [6, 6.07) is -1.48. The first-order chi connectivity index (χ1) is 16.1. The van der Waals surface area contributed by atoms with Crippen LogP contribution in [0.15, 0.2) is 33.5 Å². The summed E-state index contributed by atoms with van der Waals surface area (Å²) >= 11 is 7.52. The minimum atomic E-state index is -7.20. The molecule has 210 valence electrons. The van der Waals surface area contributed by atoms with E-state index in [0.717, 1.165) is 0 Å². The van der Waals surface area contributed by atoms with Crippen molar-refractivity contribution in [2.75, 3.05) is 0 Å². The molecular weight excluding hydrogens is 611 g/mol. The molecule has 0 aliphatic heterocycles. The Balaban J connectivity index is 2.78. The van der Waals surface area contributed by atoms with Gasteiger partial charge in [-0.05, 0) is 47.5 Å². The van der Waals surface area contributed by atoms with Gasteiger partial charge in [-0.1, -0.05) is 0 Å². The molecule has 0 saturated heterocycles. The molecule has 0 radical (unpaired) electrons. The molecule has 0 bridgehead atoms. The van der Waals surface area contributed by atoms with Gasteiger partial charge in [0.1, 0.15) is 11.1 Å². The maximum atomic E-state index is 14.2. The molecule has 20 heteroatoms. The number of benzene rings is 1. The highest BCUT2D eigenvalue weighted by molar-refractivity contribution is 6.22. The van der Waals surface area contributed by atoms with E-state index in [2.05, 4.69) is 27.6 Å². The number of rotatable bonds is 8. The second-order valence-electron chi connectivity index (χ2n) is 7.14. The van der Waals surface area contributed by atoms with Crippen LogP contribution < -0.4 is 5.63 Å². The summed E-state index contributed by atoms with van der Waals surface area (Å²) in [7, 11) is 0. The number of halogens is 18. The summed E-state index contributed by atoms with van der Waals surface area (Å²) in [5, 5.41) is -14.2. The maximum Gasteiger partial charge on any atom is 0.393 e. The van der Waals surface area contributed by atoms with Crippen molar-refractivity contribution in [2.45, 2.75) is 46.3 Å². The zero-order chi connectivity index (χ0) is 29.4. The molecule has 37 heavy (non-hydrogen) atoms. The van der Waals surface area contributed by atoms with Gasteiger partial charge in [0.25, 0.3) is 0 Å². The number of hydrogen-bond acceptors (Lipinski definition) is 2. The van der Waals surface area contributed by atoms with Crippen molar-refractivity contribution >= 4 is 34.2 Å². The van der Waals surface area contributed by atoms with Crippen molar-refractivity contribution in [2.24, 2.45) is 0 Å². The molecule has 0 amide bonds. The molecule has 1 heterocycles. The molecular formula is C17H4Cl2F16O2. The predicted molar refractivity (Wildman–Crippen MR) is 91.7 cm³/mol. The van der Waals surface area contributed by atoms with E-state index in [-0.39, 0.29) is 12.1 Å². The lowest BCUT2D eigenvalue weighted by molar-refractivity contribution is -0.353. The van der Waals surface area contributed by atoms with Gasteiger partial charge < -0.3 is 4.42 Å². The molecule has 0 spiro atoms. The first-order valence-electron chi connectivity index (χ1n) is 8.58. The quantitative estimate of drug-likeness (QED) is 0.171. The van der Waals surface area contributed by atoms with E-state index in [0.29, 0.717) is 0 Å². The molecule has 2 rings (SSSR count). The molecule has 2 nitrogen and oxygen atoms in total. The number of fused-ring (bicyclic) bond motifs is 1. The maximum absolute atomic E-state index is 14.2. The van der Waals surface area contributed by atoms with E-state index in [4.69, 9.17) is 0 Å². The average molecular weight is 615 g/mol. The van der Waals surface area contributed by atoms with Gasteiger partial charge in [-0.15, -0.1) is 0 Å². The second kappa shape index (κ2) is 8.44. The molecule has 2 aromatic rings. The summed E-state index contributed by atoms with van der Waals surface area (Å²) in [6.07, 6.45) is 0. The van der Waals surface area contributed by atoms with Crippen LogP contribution in [0.1, 0.15) is 11.1 Å². The molecule has 0 aliphatic carbocycles. The van der Waals surface area contributed by atoms with Crippen LogP contribution in [-0.4, -0.2) is 34.5 Å². The molecule has 0 unspecified atom stereocenters. The fourth-order valence-electron chi connectivity index (χ4n) is 2.64. The Morgan fingerprint density at radius 2 is 0.973 bits per heavy atom. The molecule has 0 saturated carbocycles. The van der Waals surface area contributed by atoms with Crippen molar-refractivity contribution < 1.29 is 74.7 Å². The van der Waals surface area contributed by atoms with Gasteiger partial charge in [-0.25, -0.2) is 4.79 Å². The Hall–Kier alpha value is -2.11. The van der Waals surface area contributed by atoms with Crippen LogP contribution in [-0.2, 0) is 11.8 Å². The lowest BCUT2D eigenvalue weighted by Gasteiger charge is -2.34. The van der Waals surface area contributed by atoms with Gasteiger partial charge in [-0.2, -0.15) is 70.2 Å². The van der Waals surface area contributed by atoms with E-state index in [9.17, 15) is 75.0 Å². The third kappa shape index (κ3) is 4.36. The Morgan fingerprint density at radius 3 is 1.38 bits per heavy atom. The van der Waals surface area contributed by atoms with Crippen molar-refractivity contribution in [3.8, 4) is 0 Å². The van der Waals surface area contributed by atoms with Crippen LogP contribution in [0, 0.1) is 0 Å². The topological polar surface area (TPSA) is 30.2 Å². The van der Waals surface area contributed by atoms with E-state index in [1.54, 1.807) is 0 Å². The van der Waals surface area contributed by atoms with Crippen LogP contribution in [0.5, 0.6) is 0 Å². The Bertz CT molecular complexity index is 1240. The minimum absolute atomic E-state index is 0.00534. The summed E-state index contributed by atoms with van der Waals surface area (Å²) in [4.78, 5) is 11.7. The second-order valence-corrected chi connectivity index (χ2v) is 8.09. The predicted octanol–water partition coefficient (Wildman–Crippen LogP) is 8.18. The van der Waals surface area contributed by atoms with Crippen LogP contribution >= 0.6 is 23.2 Å². The monoisotopic (exact) mass is 614 g/mol. The van der Waals surface area contributed by atoms with Gasteiger partial charge >= 0.3 is 51.9 Å². The lowest BCUT2D eigenvalue weighted by atomic mass is 9.94. The number of alkyl halides is 18. The molecule has 0 aliphatic rings. The largest absolute Gasteiger partial charge is 0.422 e. The number of hydrogen-bond donors (Lipinski definition) is 0. The van der Waals surface area contributed by atoms with E-state index in [1.165, 1.54) is 0 Å². The minimum Gasteiger partial charge on any atom is -0.422 e. The van der Waals surface area contributed by atoms with Crippen LogP contribution in [0.25, 0.3) is 11.0 Å². The molecule has 1 aromatic carbocycles. The molecule has 1 aromatic heterocycles. The van der Waals surface area contributed by atoms with Crippen molar-refractivity contribution in [1.29, 1.82) is 0 Å². The Kier molecular flexibility index (Phi) is 7.10. The van der Waals surface area contributed by atoms with Gasteiger partial charge in [0.05, 0.1) is 0 Å². The smallest absolute Gasteiger partial charge is 0.393 e. The van der Waals surface area contributed by atoms with Gasteiger partial charge in [0, 0.05) is 10.9 Å². The summed E-state index contributed by atoms with van der Waals surface area (Å²) in [5.74, 6) is -41.2. The van der Waals surface area contributed by atoms with Crippen LogP contribution in [0.3, 0.4) is 0 Å². The summed E-state index contributed by atoms with van der Waals surface area (Å²) < 4.78 is 220. The van der Waals surface area contributed by atoms with E-state index >= 15 is 0 Å². The van der Waals surface area contributed by atoms with Crippen molar-refractivity contribution in [3.63, 3.8) is 0 Å². The molecule has 0 fully saturated rings. The SMILES string of the molecule is O=c1oc2ccc(C(F)(F)C(F)(F)C(F)(F)C(F)(F)Cl)cc2cc1C(F)(F)C(F)(F)C(F)(F)C(F)(F)Cl. The van der Waals surface area contributed by atoms with Crippen molar-refractivity contribution in [1.82, 2.24) is 0 Å². The zero-order valence-corrected chi connectivity index (χ0v) is 17.9. The first kappa shape index (κ1) is 31.1. The first-order valence-corrected chi connectivity index (χ1v) is 9.34. The molecule has 0 N–H and O–H groups in total. The summed E-state index contributed by atoms with van der Waals surface area (Å²) in [6.45, 7) is 0. The third-order valence-electron chi connectivity index (χ3n) is 4.72. The van der Waals surface area contributed by atoms with E-state index in [1.807, 2.05) is 0 Å². The fourth-order valence-corrected chi connectivity index (χ4v) is 2.88. The normalized spacial score (nSPS) is 15.4. The van der Waals surface area contributed by atoms with Gasteiger partial charge in [0.2, 0.25) is 0 Å². The van der Waals surface area contributed by atoms with Gasteiger partial charge in [-0.3, -0.25) is 0 Å². The molecule has 0 atom stereocenters. The zero-order valence-electron chi connectivity index (χ0n) is 16.4. The highest BCUT2D eigenvalue weighted by Gasteiger charge is 2.82. The van der Waals surface area contributed by atoms with Gasteiger partial charge in [0.15, 0.2) is 0 Å². The summed E-state index contributed by atoms with van der Waals surface area (Å²) in [5.41, 5.74) is -9.20.